The molecule has 0 saturated carbocycles. The first-order valence-electron chi connectivity index (χ1n) is 4.09. The van der Waals surface area contributed by atoms with Gasteiger partial charge in [0.1, 0.15) is 5.01 Å². The van der Waals surface area contributed by atoms with Gasteiger partial charge in [0.25, 0.3) is 0 Å². The molecule has 1 heterocycles. The third kappa shape index (κ3) is 2.16. The maximum atomic E-state index is 10.5. The van der Waals surface area contributed by atoms with Gasteiger partial charge in [-0.25, -0.2) is 4.98 Å². The fourth-order valence-corrected chi connectivity index (χ4v) is 2.10. The van der Waals surface area contributed by atoms with Crippen LogP contribution in [0.15, 0.2) is 29.6 Å². The standard InChI is InChI=1S/C10H6ClNO2S/c11-7-3-1-2-6(4-7)9-12-8(5-15-9)10(13)14/h1-5H,(H,13,14)/p-1. The fraction of sp³-hybridized carbons (Fsp3) is 0. The third-order valence-electron chi connectivity index (χ3n) is 1.78. The second-order valence-corrected chi connectivity index (χ2v) is 4.13. The molecular formula is C10H5ClNO2S-. The van der Waals surface area contributed by atoms with Gasteiger partial charge in [-0.15, -0.1) is 11.3 Å². The van der Waals surface area contributed by atoms with Gasteiger partial charge in [0.2, 0.25) is 0 Å². The summed E-state index contributed by atoms with van der Waals surface area (Å²) in [5.74, 6) is -1.26. The van der Waals surface area contributed by atoms with Gasteiger partial charge in [0.05, 0.1) is 11.7 Å². The lowest BCUT2D eigenvalue weighted by molar-refractivity contribution is -0.255. The van der Waals surface area contributed by atoms with E-state index in [0.717, 1.165) is 5.56 Å². The van der Waals surface area contributed by atoms with Crippen molar-refractivity contribution in [2.75, 3.05) is 0 Å². The highest BCUT2D eigenvalue weighted by atomic mass is 35.5. The Bertz CT molecular complexity index is 510. The lowest BCUT2D eigenvalue weighted by atomic mass is 10.2. The van der Waals surface area contributed by atoms with Crippen molar-refractivity contribution in [1.82, 2.24) is 4.98 Å². The summed E-state index contributed by atoms with van der Waals surface area (Å²) in [7, 11) is 0. The molecule has 76 valence electrons. The van der Waals surface area contributed by atoms with Crippen molar-refractivity contribution in [2.45, 2.75) is 0 Å². The van der Waals surface area contributed by atoms with E-state index in [2.05, 4.69) is 4.98 Å². The van der Waals surface area contributed by atoms with E-state index in [4.69, 9.17) is 11.6 Å². The maximum Gasteiger partial charge on any atom is 0.124 e. The number of carbonyl (C=O) groups is 1. The molecule has 15 heavy (non-hydrogen) atoms. The van der Waals surface area contributed by atoms with Crippen molar-refractivity contribution >= 4 is 28.9 Å². The summed E-state index contributed by atoms with van der Waals surface area (Å²) < 4.78 is 0. The normalized spacial score (nSPS) is 10.2. The number of aromatic carboxylic acids is 1. The number of hydrogen-bond donors (Lipinski definition) is 0. The van der Waals surface area contributed by atoms with Crippen LogP contribution in [0.25, 0.3) is 10.6 Å². The van der Waals surface area contributed by atoms with Crippen LogP contribution in [-0.4, -0.2) is 11.0 Å². The molecule has 1 aromatic heterocycles. The quantitative estimate of drug-likeness (QED) is 0.802. The topological polar surface area (TPSA) is 53.0 Å². The van der Waals surface area contributed by atoms with Gasteiger partial charge in [-0.2, -0.15) is 0 Å². The van der Waals surface area contributed by atoms with Crippen LogP contribution in [0.2, 0.25) is 5.02 Å². The highest BCUT2D eigenvalue weighted by Gasteiger charge is 2.05. The average Bonchev–Trinajstić information content (AvgIpc) is 2.66. The molecule has 0 aliphatic heterocycles. The molecule has 0 unspecified atom stereocenters. The van der Waals surface area contributed by atoms with E-state index in [-0.39, 0.29) is 5.69 Å². The van der Waals surface area contributed by atoms with E-state index in [1.807, 2.05) is 6.07 Å². The molecule has 2 aromatic rings. The molecule has 0 fully saturated rings. The second-order valence-electron chi connectivity index (χ2n) is 2.84. The van der Waals surface area contributed by atoms with Crippen LogP contribution in [-0.2, 0) is 0 Å². The zero-order valence-corrected chi connectivity index (χ0v) is 9.01. The van der Waals surface area contributed by atoms with Gasteiger partial charge in [-0.05, 0) is 12.1 Å². The number of benzene rings is 1. The highest BCUT2D eigenvalue weighted by molar-refractivity contribution is 7.13. The van der Waals surface area contributed by atoms with Gasteiger partial charge in [-0.3, -0.25) is 0 Å². The molecule has 0 amide bonds. The van der Waals surface area contributed by atoms with E-state index in [1.54, 1.807) is 18.2 Å². The molecule has 3 nitrogen and oxygen atoms in total. The predicted molar refractivity (Wildman–Crippen MR) is 56.9 cm³/mol. The summed E-state index contributed by atoms with van der Waals surface area (Å²) in [5, 5.41) is 13.2. The SMILES string of the molecule is O=C([O-])c1csc(-c2cccc(Cl)c2)n1. The summed E-state index contributed by atoms with van der Waals surface area (Å²) >= 11 is 7.06. The number of halogens is 1. The Labute approximate surface area is 95.0 Å². The number of nitrogens with zero attached hydrogens (tertiary/aromatic N) is 1. The van der Waals surface area contributed by atoms with E-state index >= 15 is 0 Å². The molecule has 2 rings (SSSR count). The molecule has 0 radical (unpaired) electrons. The Morgan fingerprint density at radius 3 is 2.87 bits per heavy atom. The molecule has 1 aromatic carbocycles. The van der Waals surface area contributed by atoms with Gasteiger partial charge >= 0.3 is 0 Å². The number of carbonyl (C=O) groups excluding carboxylic acids is 1. The van der Waals surface area contributed by atoms with Crippen molar-refractivity contribution in [3.05, 3.63) is 40.4 Å². The maximum absolute atomic E-state index is 10.5. The van der Waals surface area contributed by atoms with Crippen molar-refractivity contribution < 1.29 is 9.90 Å². The van der Waals surface area contributed by atoms with Gasteiger partial charge in [-0.1, -0.05) is 23.7 Å². The van der Waals surface area contributed by atoms with E-state index < -0.39 is 5.97 Å². The second kappa shape index (κ2) is 4.00. The zero-order chi connectivity index (χ0) is 10.8. The monoisotopic (exact) mass is 238 g/mol. The first-order chi connectivity index (χ1) is 7.16. The number of hydrogen-bond acceptors (Lipinski definition) is 4. The number of carboxylic acid groups (broad SMARTS) is 1. The van der Waals surface area contributed by atoms with Crippen molar-refractivity contribution in [1.29, 1.82) is 0 Å². The Morgan fingerprint density at radius 2 is 2.27 bits per heavy atom. The molecule has 0 aliphatic carbocycles. The van der Waals surface area contributed by atoms with Crippen LogP contribution in [0.4, 0.5) is 0 Å². The first kappa shape index (κ1) is 10.1. The predicted octanol–water partition coefficient (Wildman–Crippen LogP) is 1.83. The molecule has 5 heteroatoms. The lowest BCUT2D eigenvalue weighted by Gasteiger charge is -1.97. The summed E-state index contributed by atoms with van der Waals surface area (Å²) in [6.07, 6.45) is 0. The Balaban J connectivity index is 2.41. The van der Waals surface area contributed by atoms with E-state index in [0.29, 0.717) is 10.0 Å². The molecule has 0 N–H and O–H groups in total. The van der Waals surface area contributed by atoms with Crippen LogP contribution in [0.3, 0.4) is 0 Å². The molecule has 0 atom stereocenters. The van der Waals surface area contributed by atoms with Crippen molar-refractivity contribution in [2.24, 2.45) is 0 Å². The molecule has 0 spiro atoms. The van der Waals surface area contributed by atoms with Crippen molar-refractivity contribution in [3.8, 4) is 10.6 Å². The van der Waals surface area contributed by atoms with Crippen LogP contribution in [0.1, 0.15) is 10.5 Å². The number of thiazole rings is 1. The number of carboxylic acids is 1. The Hall–Kier alpha value is -1.39. The van der Waals surface area contributed by atoms with Gasteiger partial charge in [0.15, 0.2) is 0 Å². The zero-order valence-electron chi connectivity index (χ0n) is 7.44. The van der Waals surface area contributed by atoms with E-state index in [9.17, 15) is 9.90 Å². The largest absolute Gasteiger partial charge is 0.543 e. The van der Waals surface area contributed by atoms with Gasteiger partial charge in [0, 0.05) is 16.0 Å². The summed E-state index contributed by atoms with van der Waals surface area (Å²) in [6, 6.07) is 7.10. The first-order valence-corrected chi connectivity index (χ1v) is 5.35. The minimum absolute atomic E-state index is 0.0463. The number of aromatic nitrogens is 1. The molecule has 0 bridgehead atoms. The Morgan fingerprint density at radius 1 is 1.47 bits per heavy atom. The summed E-state index contributed by atoms with van der Waals surface area (Å²) in [4.78, 5) is 14.4. The Kier molecular flexibility index (Phi) is 2.70. The smallest absolute Gasteiger partial charge is 0.124 e. The van der Waals surface area contributed by atoms with Crippen LogP contribution in [0, 0.1) is 0 Å². The molecule has 0 saturated heterocycles. The third-order valence-corrected chi connectivity index (χ3v) is 2.91. The fourth-order valence-electron chi connectivity index (χ4n) is 1.12. The summed E-state index contributed by atoms with van der Waals surface area (Å²) in [5.41, 5.74) is 0.759. The minimum Gasteiger partial charge on any atom is -0.543 e. The van der Waals surface area contributed by atoms with E-state index in [1.165, 1.54) is 16.7 Å². The van der Waals surface area contributed by atoms with Crippen LogP contribution >= 0.6 is 22.9 Å². The van der Waals surface area contributed by atoms with Crippen LogP contribution < -0.4 is 5.11 Å². The summed E-state index contributed by atoms with van der Waals surface area (Å²) in [6.45, 7) is 0. The highest BCUT2D eigenvalue weighted by Crippen LogP contribution is 2.25. The number of rotatable bonds is 2. The average molecular weight is 239 g/mol. The lowest BCUT2D eigenvalue weighted by Crippen LogP contribution is -2.22. The van der Waals surface area contributed by atoms with Gasteiger partial charge < -0.3 is 9.90 Å². The van der Waals surface area contributed by atoms with Crippen molar-refractivity contribution in [3.63, 3.8) is 0 Å². The molecular weight excluding hydrogens is 234 g/mol. The molecule has 0 aliphatic rings. The minimum atomic E-state index is -1.26. The van der Waals surface area contributed by atoms with Crippen LogP contribution in [0.5, 0.6) is 0 Å².